The third-order valence-electron chi connectivity index (χ3n) is 6.58. The van der Waals surface area contributed by atoms with E-state index in [9.17, 15) is 19.6 Å². The minimum absolute atomic E-state index is 0.0853. The largest absolute Gasteiger partial charge is 0.480 e. The van der Waals surface area contributed by atoms with E-state index in [1.54, 1.807) is 39.1 Å². The summed E-state index contributed by atoms with van der Waals surface area (Å²) in [6.07, 6.45) is -3.21. The molecule has 0 bridgehead atoms. The topological polar surface area (TPSA) is 187 Å². The van der Waals surface area contributed by atoms with Gasteiger partial charge >= 0.3 is 13.7 Å². The van der Waals surface area contributed by atoms with Gasteiger partial charge in [0.15, 0.2) is 28.9 Å². The molecule has 1 aromatic carbocycles. The van der Waals surface area contributed by atoms with E-state index in [0.29, 0.717) is 11.3 Å². The van der Waals surface area contributed by atoms with Gasteiger partial charge in [-0.15, -0.1) is 0 Å². The molecule has 0 amide bonds. The predicted molar refractivity (Wildman–Crippen MR) is 143 cm³/mol. The number of nitrogens with two attached hydrogens (primary N) is 1. The number of alkyl halides is 1. The molecule has 0 radical (unpaired) electrons. The normalized spacial score (nSPS) is 25.3. The fourth-order valence-corrected chi connectivity index (χ4v) is 6.70. The Labute approximate surface area is 229 Å². The van der Waals surface area contributed by atoms with Gasteiger partial charge in [-0.1, -0.05) is 18.2 Å². The van der Waals surface area contributed by atoms with Crippen molar-refractivity contribution in [3.63, 3.8) is 0 Å². The molecule has 3 heterocycles. The number of para-hydroxylation sites is 1. The molecule has 1 aliphatic heterocycles. The molecule has 1 saturated heterocycles. The zero-order chi connectivity index (χ0) is 29.4. The Morgan fingerprint density at radius 1 is 1.32 bits per heavy atom. The molecule has 2 aromatic heterocycles. The summed E-state index contributed by atoms with van der Waals surface area (Å²) in [5.41, 5.74) is 3.90. The van der Waals surface area contributed by atoms with Gasteiger partial charge in [0.1, 0.15) is 24.0 Å². The van der Waals surface area contributed by atoms with Crippen LogP contribution in [0.1, 0.15) is 33.9 Å². The third-order valence-corrected chi connectivity index (χ3v) is 8.87. The lowest BCUT2D eigenvalue weighted by atomic mass is 9.98. The van der Waals surface area contributed by atoms with E-state index < -0.39 is 56.5 Å². The number of ether oxygens (including phenoxy) is 1. The number of nitrogens with zero attached hydrogens (tertiary/aromatic N) is 5. The first kappa shape index (κ1) is 29.6. The first-order chi connectivity index (χ1) is 18.8. The van der Waals surface area contributed by atoms with E-state index in [1.165, 1.54) is 30.0 Å². The second kappa shape index (κ2) is 11.3. The highest BCUT2D eigenvalue weighted by Gasteiger charge is 2.56. The monoisotopic (exact) mass is 581 g/mol. The van der Waals surface area contributed by atoms with E-state index in [4.69, 9.17) is 19.5 Å². The highest BCUT2D eigenvalue weighted by molar-refractivity contribution is 7.51. The Morgan fingerprint density at radius 2 is 2.00 bits per heavy atom. The third kappa shape index (κ3) is 5.47. The number of aromatic nitrogens is 4. The molecule has 2 unspecified atom stereocenters. The maximum atomic E-state index is 16.0. The lowest BCUT2D eigenvalue weighted by molar-refractivity contribution is -0.141. The minimum atomic E-state index is -4.40. The molecule has 1 fully saturated rings. The van der Waals surface area contributed by atoms with Gasteiger partial charge in [0.05, 0.1) is 12.9 Å². The molecule has 6 atom stereocenters. The van der Waals surface area contributed by atoms with Gasteiger partial charge < -0.3 is 30.5 Å². The Bertz CT molecular complexity index is 1410. The molecule has 3 aromatic rings. The Kier molecular flexibility index (Phi) is 8.33. The number of anilines is 2. The van der Waals surface area contributed by atoms with Crippen LogP contribution >= 0.6 is 7.75 Å². The highest BCUT2D eigenvalue weighted by Crippen LogP contribution is 2.55. The van der Waals surface area contributed by atoms with E-state index in [0.717, 1.165) is 11.6 Å². The number of nitrogen functional groups attached to an aromatic ring is 1. The van der Waals surface area contributed by atoms with Crippen molar-refractivity contribution in [2.75, 3.05) is 24.7 Å². The molecule has 0 aliphatic carbocycles. The Morgan fingerprint density at radius 3 is 2.60 bits per heavy atom. The molecule has 14 nitrogen and oxygen atoms in total. The van der Waals surface area contributed by atoms with Crippen molar-refractivity contribution in [2.24, 2.45) is 0 Å². The number of carboxylic acid groups (broad SMARTS) is 1. The molecule has 0 saturated carbocycles. The summed E-state index contributed by atoms with van der Waals surface area (Å²) in [7, 11) is -2.78. The van der Waals surface area contributed by atoms with Crippen LogP contribution in [0, 0.1) is 0 Å². The number of aliphatic hydroxyl groups excluding tert-OH is 1. The van der Waals surface area contributed by atoms with Gasteiger partial charge in [-0.25, -0.2) is 13.9 Å². The van der Waals surface area contributed by atoms with E-state index in [2.05, 4.69) is 20.3 Å². The van der Waals surface area contributed by atoms with Crippen LogP contribution < -0.4 is 15.6 Å². The highest BCUT2D eigenvalue weighted by atomic mass is 31.2. The zero-order valence-corrected chi connectivity index (χ0v) is 23.5. The van der Waals surface area contributed by atoms with Gasteiger partial charge in [0.2, 0.25) is 5.95 Å². The Balaban J connectivity index is 1.65. The summed E-state index contributed by atoms with van der Waals surface area (Å²) in [5.74, 6) is -0.854. The van der Waals surface area contributed by atoms with Crippen LogP contribution in [0.25, 0.3) is 11.2 Å². The number of halogens is 1. The van der Waals surface area contributed by atoms with Crippen molar-refractivity contribution >= 4 is 36.6 Å². The Hall–Kier alpha value is -3.36. The summed E-state index contributed by atoms with van der Waals surface area (Å²) < 4.78 is 50.0. The molecule has 16 heteroatoms. The number of rotatable bonds is 11. The maximum Gasteiger partial charge on any atom is 0.462 e. The van der Waals surface area contributed by atoms with Crippen LogP contribution in [-0.4, -0.2) is 84.0 Å². The van der Waals surface area contributed by atoms with E-state index >= 15 is 4.39 Å². The molecule has 4 rings (SSSR count). The van der Waals surface area contributed by atoms with Crippen molar-refractivity contribution in [1.29, 1.82) is 0 Å². The molecule has 40 heavy (non-hydrogen) atoms. The molecular formula is C24H33FN7O7P. The number of hydrogen-bond acceptors (Lipinski definition) is 11. The number of hydrogen-bond donors (Lipinski definition) is 4. The maximum absolute atomic E-state index is 16.0. The first-order valence-corrected chi connectivity index (χ1v) is 14.0. The molecule has 0 spiro atoms. The van der Waals surface area contributed by atoms with Crippen molar-refractivity contribution in [3.05, 3.63) is 36.7 Å². The smallest absolute Gasteiger partial charge is 0.462 e. The van der Waals surface area contributed by atoms with E-state index in [-0.39, 0.29) is 17.3 Å². The number of aliphatic hydroxyl groups is 1. The van der Waals surface area contributed by atoms with Gasteiger partial charge in [0, 0.05) is 13.1 Å². The number of nitrogens with one attached hydrogen (secondary N) is 1. The quantitative estimate of drug-likeness (QED) is 0.242. The van der Waals surface area contributed by atoms with Gasteiger partial charge in [-0.05, 0) is 39.8 Å². The molecule has 5 N–H and O–H groups in total. The zero-order valence-electron chi connectivity index (χ0n) is 22.6. The average molecular weight is 582 g/mol. The van der Waals surface area contributed by atoms with Crippen molar-refractivity contribution in [2.45, 2.75) is 63.9 Å². The summed E-state index contributed by atoms with van der Waals surface area (Å²) in [5, 5.41) is 23.5. The first-order valence-electron chi connectivity index (χ1n) is 12.5. The second-order valence-corrected chi connectivity index (χ2v) is 11.6. The fourth-order valence-electron chi connectivity index (χ4n) is 4.61. The summed E-state index contributed by atoms with van der Waals surface area (Å²) in [6, 6.07) is 6.22. The van der Waals surface area contributed by atoms with Crippen LogP contribution in [0.15, 0.2) is 36.7 Å². The van der Waals surface area contributed by atoms with Gasteiger partial charge in [-0.2, -0.15) is 14.6 Å². The average Bonchev–Trinajstić information content (AvgIpc) is 3.40. The number of aliphatic carboxylic acids is 1. The van der Waals surface area contributed by atoms with Crippen LogP contribution in [0.2, 0.25) is 0 Å². The van der Waals surface area contributed by atoms with Crippen molar-refractivity contribution in [1.82, 2.24) is 24.2 Å². The van der Waals surface area contributed by atoms with Crippen LogP contribution in [-0.2, 0) is 18.6 Å². The lowest BCUT2D eigenvalue weighted by Gasteiger charge is -2.35. The number of fused-ring (bicyclic) bond motifs is 1. The number of carboxylic acids is 1. The van der Waals surface area contributed by atoms with Crippen LogP contribution in [0.5, 0.6) is 5.75 Å². The summed E-state index contributed by atoms with van der Waals surface area (Å²) in [6.45, 7) is 5.17. The summed E-state index contributed by atoms with van der Waals surface area (Å²) in [4.78, 5) is 24.3. The van der Waals surface area contributed by atoms with Gasteiger partial charge in [0.25, 0.3) is 0 Å². The second-order valence-electron chi connectivity index (χ2n) is 9.78. The molecular weight excluding hydrogens is 548 g/mol. The molecule has 1 aliphatic rings. The van der Waals surface area contributed by atoms with Crippen LogP contribution in [0.3, 0.4) is 0 Å². The predicted octanol–water partition coefficient (Wildman–Crippen LogP) is 2.82. The van der Waals surface area contributed by atoms with Crippen molar-refractivity contribution in [3.8, 4) is 5.75 Å². The van der Waals surface area contributed by atoms with Crippen molar-refractivity contribution < 1.29 is 37.7 Å². The van der Waals surface area contributed by atoms with Crippen LogP contribution in [0.4, 0.5) is 16.2 Å². The number of imidazole rings is 1. The number of carbonyl (C=O) groups is 1. The summed E-state index contributed by atoms with van der Waals surface area (Å²) >= 11 is 0. The minimum Gasteiger partial charge on any atom is -0.480 e. The molecule has 218 valence electrons. The fraction of sp³-hybridized carbons (Fsp3) is 0.500. The number of benzene rings is 1. The SMILES string of the molecule is CNc1nc(N)nc2c1ncn2C1O[C@H](CO[P@](=O)(Oc2ccccc2)N(C(C)C)C(C)C(=O)O)[C@@H](O)[C@@]1(C)F. The lowest BCUT2D eigenvalue weighted by Crippen LogP contribution is -2.44. The standard InChI is InChI=1S/C24H33FN7O7P/c1-13(2)32(14(3)21(34)35)40(36,39-15-9-7-6-8-10-15)37-11-16-18(33)24(4,25)22(38-16)31-12-28-17-19(27-5)29-23(26)30-20(17)31/h6-10,12-14,16,18,22,33H,11H2,1-5H3,(H,34,35)(H3,26,27,29,30)/t14?,16-,18-,22?,24-,40+/m1/s1. The van der Waals surface area contributed by atoms with E-state index in [1.807, 2.05) is 0 Å². The van der Waals surface area contributed by atoms with Gasteiger partial charge in [-0.3, -0.25) is 13.9 Å².